The highest BCUT2D eigenvalue weighted by Gasteiger charge is 2.06. The number of unbranched alkanes of at least 4 members (excludes halogenated alkanes) is 2. The van der Waals surface area contributed by atoms with Gasteiger partial charge in [-0.3, -0.25) is 0 Å². The molecule has 0 amide bonds. The van der Waals surface area contributed by atoms with Crippen LogP contribution in [0.15, 0.2) is 30.3 Å². The molecular weight excluding hydrogens is 206 g/mol. The fourth-order valence-corrected chi connectivity index (χ4v) is 2.20. The van der Waals surface area contributed by atoms with Crippen molar-refractivity contribution in [1.82, 2.24) is 5.32 Å². The van der Waals surface area contributed by atoms with Gasteiger partial charge < -0.3 is 5.32 Å². The second-order valence-electron chi connectivity index (χ2n) is 4.85. The van der Waals surface area contributed by atoms with Crippen molar-refractivity contribution in [3.05, 3.63) is 35.9 Å². The maximum absolute atomic E-state index is 3.70. The maximum Gasteiger partial charge on any atom is 0.0208 e. The maximum atomic E-state index is 3.70. The number of nitrogens with one attached hydrogen (secondary N) is 1. The SMILES string of the molecule is CCCCCC(CCC)NCc1ccccc1. The summed E-state index contributed by atoms with van der Waals surface area (Å²) in [4.78, 5) is 0. The number of hydrogen-bond acceptors (Lipinski definition) is 1. The minimum absolute atomic E-state index is 0.701. The highest BCUT2D eigenvalue weighted by Crippen LogP contribution is 2.09. The molecule has 0 aliphatic carbocycles. The van der Waals surface area contributed by atoms with Gasteiger partial charge in [0.1, 0.15) is 0 Å². The summed E-state index contributed by atoms with van der Waals surface area (Å²) in [5, 5.41) is 3.70. The van der Waals surface area contributed by atoms with Crippen molar-refractivity contribution in [3.63, 3.8) is 0 Å². The lowest BCUT2D eigenvalue weighted by Gasteiger charge is -2.18. The number of hydrogen-bond donors (Lipinski definition) is 1. The summed E-state index contributed by atoms with van der Waals surface area (Å²) in [5.74, 6) is 0. The van der Waals surface area contributed by atoms with Gasteiger partial charge in [-0.1, -0.05) is 69.9 Å². The second-order valence-corrected chi connectivity index (χ2v) is 4.85. The Labute approximate surface area is 107 Å². The number of benzene rings is 1. The highest BCUT2D eigenvalue weighted by molar-refractivity contribution is 5.14. The van der Waals surface area contributed by atoms with Gasteiger partial charge in [0.2, 0.25) is 0 Å². The van der Waals surface area contributed by atoms with Crippen molar-refractivity contribution < 1.29 is 0 Å². The Kier molecular flexibility index (Phi) is 7.74. The molecule has 1 unspecified atom stereocenters. The van der Waals surface area contributed by atoms with Crippen LogP contribution in [0.2, 0.25) is 0 Å². The van der Waals surface area contributed by atoms with E-state index < -0.39 is 0 Å². The van der Waals surface area contributed by atoms with Crippen LogP contribution >= 0.6 is 0 Å². The van der Waals surface area contributed by atoms with E-state index in [1.807, 2.05) is 0 Å². The fraction of sp³-hybridized carbons (Fsp3) is 0.625. The van der Waals surface area contributed by atoms with Gasteiger partial charge in [0.25, 0.3) is 0 Å². The van der Waals surface area contributed by atoms with Gasteiger partial charge in [0, 0.05) is 12.6 Å². The van der Waals surface area contributed by atoms with Gasteiger partial charge in [-0.2, -0.15) is 0 Å². The van der Waals surface area contributed by atoms with Crippen molar-refractivity contribution in [3.8, 4) is 0 Å². The molecule has 1 rings (SSSR count). The van der Waals surface area contributed by atoms with Crippen LogP contribution in [0.4, 0.5) is 0 Å². The molecule has 1 nitrogen and oxygen atoms in total. The molecule has 1 aromatic carbocycles. The van der Waals surface area contributed by atoms with Crippen molar-refractivity contribution in [2.45, 2.75) is 65.0 Å². The van der Waals surface area contributed by atoms with Crippen LogP contribution in [0, 0.1) is 0 Å². The van der Waals surface area contributed by atoms with Gasteiger partial charge >= 0.3 is 0 Å². The Bertz CT molecular complexity index is 268. The molecule has 0 saturated carbocycles. The lowest BCUT2D eigenvalue weighted by molar-refractivity contribution is 0.429. The van der Waals surface area contributed by atoms with E-state index in [-0.39, 0.29) is 0 Å². The average molecular weight is 233 g/mol. The van der Waals surface area contributed by atoms with Crippen LogP contribution in [0.25, 0.3) is 0 Å². The lowest BCUT2D eigenvalue weighted by Crippen LogP contribution is -2.28. The molecule has 17 heavy (non-hydrogen) atoms. The third kappa shape index (κ3) is 6.48. The zero-order chi connectivity index (χ0) is 12.3. The zero-order valence-electron chi connectivity index (χ0n) is 11.4. The van der Waals surface area contributed by atoms with Gasteiger partial charge in [-0.25, -0.2) is 0 Å². The van der Waals surface area contributed by atoms with E-state index in [4.69, 9.17) is 0 Å². The van der Waals surface area contributed by atoms with Crippen molar-refractivity contribution in [1.29, 1.82) is 0 Å². The average Bonchev–Trinajstić information content (AvgIpc) is 2.37. The van der Waals surface area contributed by atoms with Crippen LogP contribution in [-0.2, 0) is 6.54 Å². The molecule has 1 aromatic rings. The van der Waals surface area contributed by atoms with Crippen LogP contribution in [-0.4, -0.2) is 6.04 Å². The van der Waals surface area contributed by atoms with Gasteiger partial charge in [-0.15, -0.1) is 0 Å². The Morgan fingerprint density at radius 3 is 2.35 bits per heavy atom. The Morgan fingerprint density at radius 2 is 1.71 bits per heavy atom. The predicted molar refractivity (Wildman–Crippen MR) is 76.1 cm³/mol. The van der Waals surface area contributed by atoms with E-state index in [9.17, 15) is 0 Å². The minimum Gasteiger partial charge on any atom is -0.310 e. The molecule has 0 fully saturated rings. The van der Waals surface area contributed by atoms with Gasteiger partial charge in [0.15, 0.2) is 0 Å². The van der Waals surface area contributed by atoms with Crippen LogP contribution < -0.4 is 5.32 Å². The predicted octanol–water partition coefficient (Wildman–Crippen LogP) is 4.53. The summed E-state index contributed by atoms with van der Waals surface area (Å²) in [7, 11) is 0. The van der Waals surface area contributed by atoms with Crippen molar-refractivity contribution in [2.24, 2.45) is 0 Å². The molecule has 1 N–H and O–H groups in total. The molecule has 0 heterocycles. The molecule has 0 aromatic heterocycles. The summed E-state index contributed by atoms with van der Waals surface area (Å²) < 4.78 is 0. The molecule has 1 atom stereocenters. The summed E-state index contributed by atoms with van der Waals surface area (Å²) in [6.45, 7) is 5.56. The Balaban J connectivity index is 2.28. The first-order valence-electron chi connectivity index (χ1n) is 7.14. The van der Waals surface area contributed by atoms with E-state index in [2.05, 4.69) is 49.5 Å². The van der Waals surface area contributed by atoms with Crippen molar-refractivity contribution >= 4 is 0 Å². The first-order valence-corrected chi connectivity index (χ1v) is 7.14. The smallest absolute Gasteiger partial charge is 0.0208 e. The zero-order valence-corrected chi connectivity index (χ0v) is 11.4. The Hall–Kier alpha value is -0.820. The van der Waals surface area contributed by atoms with E-state index >= 15 is 0 Å². The monoisotopic (exact) mass is 233 g/mol. The normalized spacial score (nSPS) is 12.6. The number of rotatable bonds is 9. The van der Waals surface area contributed by atoms with E-state index in [0.717, 1.165) is 6.54 Å². The molecule has 0 radical (unpaired) electrons. The molecule has 1 heteroatoms. The summed E-state index contributed by atoms with van der Waals surface area (Å²) in [6, 6.07) is 11.4. The van der Waals surface area contributed by atoms with E-state index in [1.54, 1.807) is 0 Å². The van der Waals surface area contributed by atoms with Crippen LogP contribution in [0.3, 0.4) is 0 Å². The molecule has 0 saturated heterocycles. The Morgan fingerprint density at radius 1 is 0.941 bits per heavy atom. The summed E-state index contributed by atoms with van der Waals surface area (Å²) >= 11 is 0. The van der Waals surface area contributed by atoms with Crippen molar-refractivity contribution in [2.75, 3.05) is 0 Å². The topological polar surface area (TPSA) is 12.0 Å². The molecule has 0 aliphatic rings. The van der Waals surface area contributed by atoms with Gasteiger partial charge in [0.05, 0.1) is 0 Å². The highest BCUT2D eigenvalue weighted by atomic mass is 14.9. The minimum atomic E-state index is 0.701. The summed E-state index contributed by atoms with van der Waals surface area (Å²) in [6.07, 6.45) is 7.96. The molecule has 96 valence electrons. The van der Waals surface area contributed by atoms with Crippen LogP contribution in [0.5, 0.6) is 0 Å². The third-order valence-electron chi connectivity index (χ3n) is 3.23. The second kappa shape index (κ2) is 9.23. The lowest BCUT2D eigenvalue weighted by atomic mass is 10.0. The quantitative estimate of drug-likeness (QED) is 0.618. The molecule has 0 spiro atoms. The largest absolute Gasteiger partial charge is 0.310 e. The van der Waals surface area contributed by atoms with E-state index in [0.29, 0.717) is 6.04 Å². The first-order chi connectivity index (χ1) is 8.36. The third-order valence-corrected chi connectivity index (χ3v) is 3.23. The summed E-state index contributed by atoms with van der Waals surface area (Å²) in [5.41, 5.74) is 1.39. The fourth-order valence-electron chi connectivity index (χ4n) is 2.20. The molecule has 0 bridgehead atoms. The molecule has 0 aliphatic heterocycles. The van der Waals surface area contributed by atoms with E-state index in [1.165, 1.54) is 44.1 Å². The standard InChI is InChI=1S/C16H27N/c1-3-5-7-13-16(10-4-2)17-14-15-11-8-6-9-12-15/h6,8-9,11-12,16-17H,3-5,7,10,13-14H2,1-2H3. The molecular formula is C16H27N. The van der Waals surface area contributed by atoms with Crippen LogP contribution in [0.1, 0.15) is 57.9 Å². The van der Waals surface area contributed by atoms with Gasteiger partial charge in [-0.05, 0) is 18.4 Å². The first kappa shape index (κ1) is 14.2.